The van der Waals surface area contributed by atoms with E-state index in [9.17, 15) is 4.79 Å². The van der Waals surface area contributed by atoms with Gasteiger partial charge in [-0.15, -0.1) is 0 Å². The Bertz CT molecular complexity index is 541. The summed E-state index contributed by atoms with van der Waals surface area (Å²) in [6.07, 6.45) is 0. The van der Waals surface area contributed by atoms with Gasteiger partial charge in [-0.05, 0) is 54.1 Å². The van der Waals surface area contributed by atoms with E-state index in [0.29, 0.717) is 0 Å². The highest BCUT2D eigenvalue weighted by Crippen LogP contribution is 2.27. The Balaban J connectivity index is 2.36. The quantitative estimate of drug-likeness (QED) is 0.590. The van der Waals surface area contributed by atoms with Gasteiger partial charge in [-0.25, -0.2) is 0 Å². The van der Waals surface area contributed by atoms with E-state index in [2.05, 4.69) is 22.6 Å². The Morgan fingerprint density at radius 3 is 2.06 bits per heavy atom. The van der Waals surface area contributed by atoms with Gasteiger partial charge in [0.05, 0.1) is 5.41 Å². The normalized spacial score (nSPS) is 11.3. The van der Waals surface area contributed by atoms with Crippen LogP contribution in [-0.4, -0.2) is 5.78 Å². The molecule has 0 spiro atoms. The van der Waals surface area contributed by atoms with Crippen molar-refractivity contribution in [3.63, 3.8) is 0 Å². The maximum absolute atomic E-state index is 12.6. The lowest BCUT2D eigenvalue weighted by Crippen LogP contribution is -2.29. The molecule has 0 atom stereocenters. The van der Waals surface area contributed by atoms with Gasteiger partial charge in [0.1, 0.15) is 0 Å². The Morgan fingerprint density at radius 1 is 0.944 bits per heavy atom. The lowest BCUT2D eigenvalue weighted by atomic mass is 9.78. The van der Waals surface area contributed by atoms with Crippen molar-refractivity contribution < 1.29 is 4.79 Å². The van der Waals surface area contributed by atoms with Gasteiger partial charge >= 0.3 is 0 Å². The van der Waals surface area contributed by atoms with Crippen LogP contribution in [0.1, 0.15) is 29.8 Å². The molecule has 0 saturated heterocycles. The van der Waals surface area contributed by atoms with Crippen molar-refractivity contribution >= 4 is 28.4 Å². The molecular weight excluding hydrogens is 335 g/mol. The van der Waals surface area contributed by atoms with Crippen molar-refractivity contribution in [1.82, 2.24) is 0 Å². The van der Waals surface area contributed by atoms with E-state index < -0.39 is 5.41 Å². The molecule has 0 aliphatic heterocycles. The molecule has 2 aromatic rings. The van der Waals surface area contributed by atoms with E-state index in [1.807, 2.05) is 68.4 Å². The highest BCUT2D eigenvalue weighted by Gasteiger charge is 2.30. The number of ketones is 1. The van der Waals surface area contributed by atoms with Crippen LogP contribution >= 0.6 is 22.6 Å². The van der Waals surface area contributed by atoms with Crippen molar-refractivity contribution in [3.05, 3.63) is 69.3 Å². The van der Waals surface area contributed by atoms with Crippen LogP contribution < -0.4 is 0 Å². The van der Waals surface area contributed by atoms with Crippen molar-refractivity contribution in [2.75, 3.05) is 0 Å². The zero-order valence-corrected chi connectivity index (χ0v) is 12.6. The number of Topliss-reactive ketones (excluding diaryl/α,β-unsaturated/α-hetero) is 1. The summed E-state index contributed by atoms with van der Waals surface area (Å²) in [6.45, 7) is 3.95. The second kappa shape index (κ2) is 5.22. The van der Waals surface area contributed by atoms with Gasteiger partial charge < -0.3 is 0 Å². The summed E-state index contributed by atoms with van der Waals surface area (Å²) in [5.74, 6) is 0.158. The second-order valence-corrected chi connectivity index (χ2v) is 6.07. The number of halogens is 1. The summed E-state index contributed by atoms with van der Waals surface area (Å²) < 4.78 is 1.14. The fourth-order valence-electron chi connectivity index (χ4n) is 1.95. The first-order valence-corrected chi connectivity index (χ1v) is 6.95. The number of benzene rings is 2. The molecule has 18 heavy (non-hydrogen) atoms. The molecule has 0 heterocycles. The molecule has 0 N–H and O–H groups in total. The molecule has 0 radical (unpaired) electrons. The fourth-order valence-corrected chi connectivity index (χ4v) is 2.31. The molecule has 92 valence electrons. The summed E-state index contributed by atoms with van der Waals surface area (Å²) in [7, 11) is 0. The van der Waals surface area contributed by atoms with E-state index in [-0.39, 0.29) is 5.78 Å². The maximum atomic E-state index is 12.6. The van der Waals surface area contributed by atoms with E-state index in [4.69, 9.17) is 0 Å². The number of hydrogen-bond acceptors (Lipinski definition) is 1. The van der Waals surface area contributed by atoms with E-state index in [1.54, 1.807) is 0 Å². The molecular formula is C16H15IO. The van der Waals surface area contributed by atoms with Crippen molar-refractivity contribution in [2.45, 2.75) is 19.3 Å². The molecule has 1 nitrogen and oxygen atoms in total. The second-order valence-electron chi connectivity index (χ2n) is 4.83. The van der Waals surface area contributed by atoms with Crippen LogP contribution in [0.4, 0.5) is 0 Å². The van der Waals surface area contributed by atoms with Gasteiger partial charge in [-0.3, -0.25) is 4.79 Å². The molecule has 2 aromatic carbocycles. The predicted molar refractivity (Wildman–Crippen MR) is 83.0 cm³/mol. The minimum atomic E-state index is -0.492. The van der Waals surface area contributed by atoms with Gasteiger partial charge in [0, 0.05) is 9.13 Å². The molecule has 0 aliphatic rings. The highest BCUT2D eigenvalue weighted by molar-refractivity contribution is 14.1. The Labute approximate surface area is 121 Å². The Kier molecular flexibility index (Phi) is 3.85. The van der Waals surface area contributed by atoms with Crippen LogP contribution in [0, 0.1) is 3.57 Å². The van der Waals surface area contributed by atoms with Crippen LogP contribution in [0.5, 0.6) is 0 Å². The first-order chi connectivity index (χ1) is 8.51. The van der Waals surface area contributed by atoms with Crippen molar-refractivity contribution in [1.29, 1.82) is 0 Å². The SMILES string of the molecule is CC(C)(C(=O)c1ccc(I)cc1)c1ccccc1. The van der Waals surface area contributed by atoms with Gasteiger partial charge in [0.15, 0.2) is 5.78 Å². The molecule has 0 aliphatic carbocycles. The van der Waals surface area contributed by atoms with Crippen molar-refractivity contribution in [3.8, 4) is 0 Å². The van der Waals surface area contributed by atoms with Crippen molar-refractivity contribution in [2.24, 2.45) is 0 Å². The molecule has 2 rings (SSSR count). The summed E-state index contributed by atoms with van der Waals surface area (Å²) >= 11 is 2.24. The van der Waals surface area contributed by atoms with Crippen LogP contribution in [0.3, 0.4) is 0 Å². The van der Waals surface area contributed by atoms with Gasteiger partial charge in [-0.1, -0.05) is 42.5 Å². The van der Waals surface area contributed by atoms with E-state index >= 15 is 0 Å². The molecule has 2 heteroatoms. The minimum Gasteiger partial charge on any atom is -0.293 e. The highest BCUT2D eigenvalue weighted by atomic mass is 127. The largest absolute Gasteiger partial charge is 0.293 e. The third-order valence-corrected chi connectivity index (χ3v) is 3.89. The average molecular weight is 350 g/mol. The smallest absolute Gasteiger partial charge is 0.172 e. The number of hydrogen-bond donors (Lipinski definition) is 0. The van der Waals surface area contributed by atoms with Crippen LogP contribution in [0.15, 0.2) is 54.6 Å². The number of carbonyl (C=O) groups excluding carboxylic acids is 1. The van der Waals surface area contributed by atoms with Crippen LogP contribution in [0.2, 0.25) is 0 Å². The zero-order valence-electron chi connectivity index (χ0n) is 10.5. The molecule has 0 saturated carbocycles. The standard InChI is InChI=1S/C16H15IO/c1-16(2,13-6-4-3-5-7-13)15(18)12-8-10-14(17)11-9-12/h3-11H,1-2H3. The first-order valence-electron chi connectivity index (χ1n) is 5.88. The molecule has 0 aromatic heterocycles. The monoisotopic (exact) mass is 350 g/mol. The van der Waals surface area contributed by atoms with E-state index in [0.717, 1.165) is 14.7 Å². The molecule has 0 bridgehead atoms. The summed E-state index contributed by atoms with van der Waals surface area (Å²) in [5, 5.41) is 0. The summed E-state index contributed by atoms with van der Waals surface area (Å²) in [5.41, 5.74) is 1.33. The summed E-state index contributed by atoms with van der Waals surface area (Å²) in [4.78, 5) is 12.6. The predicted octanol–water partition coefficient (Wildman–Crippen LogP) is 4.45. The fraction of sp³-hybridized carbons (Fsp3) is 0.188. The van der Waals surface area contributed by atoms with E-state index in [1.165, 1.54) is 0 Å². The maximum Gasteiger partial charge on any atom is 0.172 e. The van der Waals surface area contributed by atoms with Gasteiger partial charge in [-0.2, -0.15) is 0 Å². The van der Waals surface area contributed by atoms with Gasteiger partial charge in [0.25, 0.3) is 0 Å². The molecule has 0 fully saturated rings. The zero-order chi connectivity index (χ0) is 13.2. The van der Waals surface area contributed by atoms with Crippen LogP contribution in [-0.2, 0) is 5.41 Å². The Morgan fingerprint density at radius 2 is 1.50 bits per heavy atom. The lowest BCUT2D eigenvalue weighted by molar-refractivity contribution is 0.0908. The number of rotatable bonds is 3. The summed E-state index contributed by atoms with van der Waals surface area (Å²) in [6, 6.07) is 17.6. The minimum absolute atomic E-state index is 0.158. The number of carbonyl (C=O) groups is 1. The Hall–Kier alpha value is -1.16. The third-order valence-electron chi connectivity index (χ3n) is 3.17. The topological polar surface area (TPSA) is 17.1 Å². The lowest BCUT2D eigenvalue weighted by Gasteiger charge is -2.23. The average Bonchev–Trinajstić information content (AvgIpc) is 2.40. The molecule has 0 amide bonds. The van der Waals surface area contributed by atoms with Gasteiger partial charge in [0.2, 0.25) is 0 Å². The third kappa shape index (κ3) is 2.64. The van der Waals surface area contributed by atoms with Crippen LogP contribution in [0.25, 0.3) is 0 Å². The first kappa shape index (κ1) is 13.3. The molecule has 0 unspecified atom stereocenters.